The zero-order chi connectivity index (χ0) is 25.3. The van der Waals surface area contributed by atoms with Gasteiger partial charge >= 0.3 is 5.69 Å². The maximum absolute atomic E-state index is 13.8. The lowest BCUT2D eigenvalue weighted by Crippen LogP contribution is -2.44. The van der Waals surface area contributed by atoms with Gasteiger partial charge in [0.15, 0.2) is 10.8 Å². The van der Waals surface area contributed by atoms with Crippen LogP contribution in [0.3, 0.4) is 0 Å². The molecule has 2 N–H and O–H groups in total. The van der Waals surface area contributed by atoms with E-state index in [0.29, 0.717) is 36.8 Å². The van der Waals surface area contributed by atoms with E-state index in [0.717, 1.165) is 0 Å². The highest BCUT2D eigenvalue weighted by Gasteiger charge is 2.31. The molecule has 1 aliphatic heterocycles. The average Bonchev–Trinajstić information content (AvgIpc) is 3.33. The summed E-state index contributed by atoms with van der Waals surface area (Å²) in [6, 6.07) is 1.65. The first-order valence-corrected chi connectivity index (χ1v) is 12.7. The van der Waals surface area contributed by atoms with E-state index in [4.69, 9.17) is 0 Å². The quantitative estimate of drug-likeness (QED) is 0.538. The Balaban J connectivity index is 1.74. The van der Waals surface area contributed by atoms with E-state index in [1.54, 1.807) is 22.5 Å². The molecule has 0 bridgehead atoms. The first-order valence-electron chi connectivity index (χ1n) is 11.8. The van der Waals surface area contributed by atoms with E-state index in [9.17, 15) is 19.2 Å². The summed E-state index contributed by atoms with van der Waals surface area (Å²) in [6.07, 6.45) is 2.94. The molecule has 0 radical (unpaired) electrons. The number of hydrogen-bond donors (Lipinski definition) is 2. The average molecular weight is 499 g/mol. The Morgan fingerprint density at radius 1 is 1.26 bits per heavy atom. The largest absolute Gasteiger partial charge is 0.338 e. The van der Waals surface area contributed by atoms with E-state index in [1.807, 2.05) is 27.7 Å². The van der Waals surface area contributed by atoms with Gasteiger partial charge in [0, 0.05) is 36.9 Å². The number of pyridine rings is 1. The summed E-state index contributed by atoms with van der Waals surface area (Å²) in [7, 11) is 0. The molecule has 4 rings (SSSR count). The number of anilines is 1. The van der Waals surface area contributed by atoms with Gasteiger partial charge in [-0.15, -0.1) is 11.3 Å². The molecule has 0 aliphatic carbocycles. The highest BCUT2D eigenvalue weighted by molar-refractivity contribution is 7.13. The maximum atomic E-state index is 13.8. The van der Waals surface area contributed by atoms with Gasteiger partial charge in [-0.25, -0.2) is 14.8 Å². The van der Waals surface area contributed by atoms with Gasteiger partial charge < -0.3 is 10.2 Å². The van der Waals surface area contributed by atoms with Gasteiger partial charge in [0.25, 0.3) is 11.5 Å². The molecule has 0 aromatic carbocycles. The summed E-state index contributed by atoms with van der Waals surface area (Å²) in [4.78, 5) is 64.8. The Labute approximate surface area is 206 Å². The Kier molecular flexibility index (Phi) is 7.15. The number of aromatic amines is 1. The molecule has 1 unspecified atom stereocenters. The fourth-order valence-corrected chi connectivity index (χ4v) is 4.86. The van der Waals surface area contributed by atoms with E-state index in [-0.39, 0.29) is 52.7 Å². The fourth-order valence-electron chi connectivity index (χ4n) is 4.33. The number of carbonyl (C=O) groups excluding carboxylic acids is 2. The molecule has 11 heteroatoms. The summed E-state index contributed by atoms with van der Waals surface area (Å²) >= 11 is 1.34. The Morgan fingerprint density at radius 2 is 2.03 bits per heavy atom. The summed E-state index contributed by atoms with van der Waals surface area (Å²) in [5.74, 6) is -0.794. The molecule has 1 fully saturated rings. The van der Waals surface area contributed by atoms with E-state index in [1.165, 1.54) is 15.9 Å². The number of likely N-dealkylation sites (tertiary alicyclic amines) is 1. The standard InChI is InChI=1S/C24H30N6O4S/c1-13(2)11-30-19-18(21(32)28-24(30)34)16(10-17(26-19)14(3)4)22(33)29-8-5-6-15(12-29)20(31)27-23-25-7-9-35-23/h7,9-10,13-15H,5-6,8,11-12H2,1-4H3,(H,25,27,31)(H,28,32,34). The number of amides is 2. The van der Waals surface area contributed by atoms with Crippen molar-refractivity contribution in [3.05, 3.63) is 49.7 Å². The van der Waals surface area contributed by atoms with Crippen LogP contribution in [0, 0.1) is 11.8 Å². The first-order chi connectivity index (χ1) is 16.7. The van der Waals surface area contributed by atoms with Crippen molar-refractivity contribution in [2.45, 2.75) is 53.0 Å². The Morgan fingerprint density at radius 3 is 2.69 bits per heavy atom. The van der Waals surface area contributed by atoms with Crippen molar-refractivity contribution >= 4 is 39.3 Å². The molecule has 1 saturated heterocycles. The van der Waals surface area contributed by atoms with Gasteiger partial charge in [0.05, 0.1) is 16.9 Å². The van der Waals surface area contributed by atoms with Crippen molar-refractivity contribution in [1.29, 1.82) is 0 Å². The number of hydrogen-bond acceptors (Lipinski definition) is 7. The lowest BCUT2D eigenvalue weighted by atomic mass is 9.96. The van der Waals surface area contributed by atoms with E-state index >= 15 is 0 Å². The summed E-state index contributed by atoms with van der Waals surface area (Å²) < 4.78 is 1.44. The number of H-pyrrole nitrogens is 1. The van der Waals surface area contributed by atoms with Gasteiger partial charge in [-0.1, -0.05) is 27.7 Å². The normalized spacial score (nSPS) is 16.3. The van der Waals surface area contributed by atoms with Crippen molar-refractivity contribution in [3.8, 4) is 0 Å². The number of rotatable bonds is 6. The van der Waals surface area contributed by atoms with Crippen LogP contribution < -0.4 is 16.6 Å². The SMILES string of the molecule is CC(C)Cn1c(=O)[nH]c(=O)c2c(C(=O)N3CCCC(C(=O)Nc4nccs4)C3)cc(C(C)C)nc21. The molecule has 0 saturated carbocycles. The maximum Gasteiger partial charge on any atom is 0.330 e. The third kappa shape index (κ3) is 5.19. The van der Waals surface area contributed by atoms with Gasteiger partial charge in [0.2, 0.25) is 5.91 Å². The molecule has 3 aromatic heterocycles. The molecule has 1 atom stereocenters. The molecule has 1 aliphatic rings. The van der Waals surface area contributed by atoms with Gasteiger partial charge in [-0.3, -0.25) is 23.9 Å². The first kappa shape index (κ1) is 24.8. The number of thiazole rings is 1. The lowest BCUT2D eigenvalue weighted by molar-refractivity contribution is -0.121. The minimum atomic E-state index is -0.633. The molecule has 0 spiro atoms. The Hall–Kier alpha value is -3.34. The number of aromatic nitrogens is 4. The number of piperidine rings is 1. The summed E-state index contributed by atoms with van der Waals surface area (Å²) in [5, 5.41) is 5.22. The molecule has 4 heterocycles. The highest BCUT2D eigenvalue weighted by atomic mass is 32.1. The van der Waals surface area contributed by atoms with Crippen LogP contribution >= 0.6 is 11.3 Å². The fraction of sp³-hybridized carbons (Fsp3) is 0.500. The lowest BCUT2D eigenvalue weighted by Gasteiger charge is -2.32. The third-order valence-electron chi connectivity index (χ3n) is 6.08. The molecule has 3 aromatic rings. The van der Waals surface area contributed by atoms with Crippen molar-refractivity contribution in [2.24, 2.45) is 11.8 Å². The molecule has 2 amide bonds. The summed E-state index contributed by atoms with van der Waals surface area (Å²) in [6.45, 7) is 8.89. The topological polar surface area (TPSA) is 130 Å². The van der Waals surface area contributed by atoms with Crippen LogP contribution in [-0.2, 0) is 11.3 Å². The highest BCUT2D eigenvalue weighted by Crippen LogP contribution is 2.25. The third-order valence-corrected chi connectivity index (χ3v) is 6.77. The van der Waals surface area contributed by atoms with Crippen molar-refractivity contribution < 1.29 is 9.59 Å². The number of nitrogens with zero attached hydrogens (tertiary/aromatic N) is 4. The predicted molar refractivity (Wildman–Crippen MR) is 135 cm³/mol. The van der Waals surface area contributed by atoms with Crippen LogP contribution in [0.15, 0.2) is 27.2 Å². The molecule has 186 valence electrons. The van der Waals surface area contributed by atoms with Crippen molar-refractivity contribution in [3.63, 3.8) is 0 Å². The zero-order valence-electron chi connectivity index (χ0n) is 20.3. The minimum Gasteiger partial charge on any atom is -0.338 e. The minimum absolute atomic E-state index is 0.0222. The second kappa shape index (κ2) is 10.1. The van der Waals surface area contributed by atoms with Gasteiger partial charge in [-0.05, 0) is 30.7 Å². The van der Waals surface area contributed by atoms with Crippen LogP contribution in [0.2, 0.25) is 0 Å². The second-order valence-corrected chi connectivity index (χ2v) is 10.5. The molecular formula is C24H30N6O4S. The molecular weight excluding hydrogens is 468 g/mol. The van der Waals surface area contributed by atoms with Crippen LogP contribution in [0.1, 0.15) is 62.5 Å². The van der Waals surface area contributed by atoms with Gasteiger partial charge in [-0.2, -0.15) is 0 Å². The van der Waals surface area contributed by atoms with Crippen LogP contribution in [0.25, 0.3) is 11.0 Å². The smallest absolute Gasteiger partial charge is 0.330 e. The monoisotopic (exact) mass is 498 g/mol. The van der Waals surface area contributed by atoms with Gasteiger partial charge in [0.1, 0.15) is 0 Å². The van der Waals surface area contributed by atoms with Crippen molar-refractivity contribution in [2.75, 3.05) is 18.4 Å². The van der Waals surface area contributed by atoms with E-state index in [2.05, 4.69) is 20.3 Å². The van der Waals surface area contributed by atoms with Crippen molar-refractivity contribution in [1.82, 2.24) is 24.4 Å². The zero-order valence-corrected chi connectivity index (χ0v) is 21.1. The molecule has 10 nitrogen and oxygen atoms in total. The van der Waals surface area contributed by atoms with Crippen LogP contribution in [0.5, 0.6) is 0 Å². The predicted octanol–water partition coefficient (Wildman–Crippen LogP) is 2.81. The number of nitrogens with one attached hydrogen (secondary N) is 2. The number of fused-ring (bicyclic) bond motifs is 1. The van der Waals surface area contributed by atoms with Crippen LogP contribution in [-0.4, -0.2) is 49.3 Å². The van der Waals surface area contributed by atoms with Crippen LogP contribution in [0.4, 0.5) is 5.13 Å². The number of carbonyl (C=O) groups is 2. The second-order valence-electron chi connectivity index (χ2n) is 9.63. The van der Waals surface area contributed by atoms with E-state index < -0.39 is 11.2 Å². The Bertz CT molecular complexity index is 1360. The summed E-state index contributed by atoms with van der Waals surface area (Å²) in [5.41, 5.74) is -0.125. The molecule has 35 heavy (non-hydrogen) atoms.